The number of nitrogen functional groups attached to an aromatic ring is 1. The summed E-state index contributed by atoms with van der Waals surface area (Å²) in [5.41, 5.74) is 7.74. The van der Waals surface area contributed by atoms with E-state index in [1.165, 1.54) is 33.4 Å². The van der Waals surface area contributed by atoms with Crippen molar-refractivity contribution in [1.82, 2.24) is 14.1 Å². The normalized spacial score (nSPS) is 10.8. The van der Waals surface area contributed by atoms with Gasteiger partial charge in [-0.05, 0) is 23.8 Å². The van der Waals surface area contributed by atoms with E-state index < -0.39 is 11.4 Å². The number of hydrogen-bond donors (Lipinski definition) is 1. The molecule has 2 aromatic heterocycles. The minimum Gasteiger partial charge on any atom is -0.369 e. The van der Waals surface area contributed by atoms with Gasteiger partial charge in [0.1, 0.15) is 5.82 Å². The highest BCUT2D eigenvalue weighted by molar-refractivity contribution is 5.80. The van der Waals surface area contributed by atoms with Gasteiger partial charge in [0.2, 0.25) is 5.95 Å². The number of anilines is 1. The fourth-order valence-corrected chi connectivity index (χ4v) is 3.56. The smallest absolute Gasteiger partial charge is 0.263 e. The average Bonchev–Trinajstić information content (AvgIpc) is 2.79. The maximum Gasteiger partial charge on any atom is 0.263 e. The van der Waals surface area contributed by atoms with Crippen LogP contribution in [0.15, 0.2) is 95.2 Å². The van der Waals surface area contributed by atoms with Crippen molar-refractivity contribution in [2.75, 3.05) is 5.73 Å². The van der Waals surface area contributed by atoms with Crippen molar-refractivity contribution in [2.45, 2.75) is 13.1 Å². The average molecular weight is 428 g/mol. The van der Waals surface area contributed by atoms with Crippen LogP contribution in [0.1, 0.15) is 5.56 Å². The standard InChI is InChI=1S/C25H21FN4O2/c1-2-13-30-24(32)22(23(28-25(30)27)18-9-6-10-20(26)14-18)19-11-12-21(31)29(16-19)15-17-7-4-3-5-8-17/h2-12,14,16H,1,13,15H2,(H2,27,28). The fraction of sp³-hybridized carbons (Fsp3) is 0.0800. The Bertz CT molecular complexity index is 1410. The van der Waals surface area contributed by atoms with Crippen LogP contribution in [-0.4, -0.2) is 14.1 Å². The second-order valence-corrected chi connectivity index (χ2v) is 7.28. The Morgan fingerprint density at radius 3 is 2.50 bits per heavy atom. The summed E-state index contributed by atoms with van der Waals surface area (Å²) in [7, 11) is 0. The van der Waals surface area contributed by atoms with Gasteiger partial charge in [-0.2, -0.15) is 0 Å². The zero-order valence-electron chi connectivity index (χ0n) is 17.2. The molecule has 4 rings (SSSR count). The van der Waals surface area contributed by atoms with E-state index >= 15 is 0 Å². The van der Waals surface area contributed by atoms with Crippen LogP contribution in [0.5, 0.6) is 0 Å². The summed E-state index contributed by atoms with van der Waals surface area (Å²) in [6.45, 7) is 4.17. The third-order valence-electron chi connectivity index (χ3n) is 5.08. The number of nitrogens with two attached hydrogens (primary N) is 1. The van der Waals surface area contributed by atoms with Gasteiger partial charge in [-0.3, -0.25) is 14.2 Å². The number of aromatic nitrogens is 3. The fourth-order valence-electron chi connectivity index (χ4n) is 3.56. The van der Waals surface area contributed by atoms with Gasteiger partial charge < -0.3 is 10.3 Å². The molecular formula is C25H21FN4O2. The summed E-state index contributed by atoms with van der Waals surface area (Å²) in [4.78, 5) is 30.3. The van der Waals surface area contributed by atoms with E-state index in [-0.39, 0.29) is 29.3 Å². The maximum atomic E-state index is 13.9. The van der Waals surface area contributed by atoms with Crippen LogP contribution < -0.4 is 16.9 Å². The Morgan fingerprint density at radius 2 is 1.78 bits per heavy atom. The van der Waals surface area contributed by atoms with Crippen LogP contribution >= 0.6 is 0 Å². The van der Waals surface area contributed by atoms with Crippen molar-refractivity contribution < 1.29 is 4.39 Å². The summed E-state index contributed by atoms with van der Waals surface area (Å²) in [6, 6.07) is 18.3. The Balaban J connectivity index is 1.95. The van der Waals surface area contributed by atoms with E-state index in [0.717, 1.165) is 5.56 Å². The summed E-state index contributed by atoms with van der Waals surface area (Å²) < 4.78 is 16.8. The van der Waals surface area contributed by atoms with Gasteiger partial charge in [0.25, 0.3) is 11.1 Å². The number of nitrogens with zero attached hydrogens (tertiary/aromatic N) is 3. The molecule has 0 aliphatic heterocycles. The second kappa shape index (κ2) is 8.85. The number of allylic oxidation sites excluding steroid dienone is 1. The summed E-state index contributed by atoms with van der Waals surface area (Å²) >= 11 is 0. The molecule has 6 nitrogen and oxygen atoms in total. The van der Waals surface area contributed by atoms with Crippen molar-refractivity contribution in [3.63, 3.8) is 0 Å². The Labute approximate surface area is 183 Å². The first-order valence-corrected chi connectivity index (χ1v) is 10.00. The first-order valence-electron chi connectivity index (χ1n) is 10.00. The number of pyridine rings is 1. The van der Waals surface area contributed by atoms with Gasteiger partial charge in [-0.25, -0.2) is 9.37 Å². The quantitative estimate of drug-likeness (QED) is 0.475. The van der Waals surface area contributed by atoms with Crippen molar-refractivity contribution in [1.29, 1.82) is 0 Å². The number of hydrogen-bond acceptors (Lipinski definition) is 4. The topological polar surface area (TPSA) is 82.9 Å². The largest absolute Gasteiger partial charge is 0.369 e. The first kappa shape index (κ1) is 21.0. The predicted octanol–water partition coefficient (Wildman–Crippen LogP) is 3.69. The molecule has 0 spiro atoms. The van der Waals surface area contributed by atoms with E-state index in [1.807, 2.05) is 30.3 Å². The molecular weight excluding hydrogens is 407 g/mol. The van der Waals surface area contributed by atoms with Gasteiger partial charge in [-0.15, -0.1) is 6.58 Å². The highest BCUT2D eigenvalue weighted by Crippen LogP contribution is 2.28. The Hall–Kier alpha value is -4.26. The number of rotatable bonds is 6. The minimum absolute atomic E-state index is 0.00415. The molecule has 2 N–H and O–H groups in total. The molecule has 0 fully saturated rings. The van der Waals surface area contributed by atoms with Crippen LogP contribution in [0.25, 0.3) is 22.4 Å². The molecule has 0 saturated carbocycles. The molecule has 0 aliphatic rings. The van der Waals surface area contributed by atoms with E-state index in [9.17, 15) is 14.0 Å². The third kappa shape index (κ3) is 4.13. The highest BCUT2D eigenvalue weighted by Gasteiger charge is 2.19. The predicted molar refractivity (Wildman–Crippen MR) is 124 cm³/mol. The molecule has 160 valence electrons. The molecule has 2 heterocycles. The van der Waals surface area contributed by atoms with E-state index in [1.54, 1.807) is 24.4 Å². The molecule has 7 heteroatoms. The van der Waals surface area contributed by atoms with Crippen molar-refractivity contribution in [3.8, 4) is 22.4 Å². The summed E-state index contributed by atoms with van der Waals surface area (Å²) in [5.74, 6) is -0.464. The molecule has 0 unspecified atom stereocenters. The van der Waals surface area contributed by atoms with Gasteiger partial charge in [0.15, 0.2) is 0 Å². The molecule has 0 aliphatic carbocycles. The number of halogens is 1. The summed E-state index contributed by atoms with van der Waals surface area (Å²) in [6.07, 6.45) is 3.16. The Kier molecular flexibility index (Phi) is 5.81. The molecule has 0 saturated heterocycles. The lowest BCUT2D eigenvalue weighted by atomic mass is 10.0. The molecule has 0 amide bonds. The molecule has 4 aromatic rings. The molecule has 0 bridgehead atoms. The lowest BCUT2D eigenvalue weighted by Crippen LogP contribution is -2.27. The van der Waals surface area contributed by atoms with E-state index in [0.29, 0.717) is 17.7 Å². The van der Waals surface area contributed by atoms with Crippen LogP contribution in [0, 0.1) is 5.82 Å². The van der Waals surface area contributed by atoms with E-state index in [4.69, 9.17) is 5.73 Å². The van der Waals surface area contributed by atoms with Crippen LogP contribution in [0.2, 0.25) is 0 Å². The third-order valence-corrected chi connectivity index (χ3v) is 5.08. The van der Waals surface area contributed by atoms with Gasteiger partial charge in [0.05, 0.1) is 17.8 Å². The molecule has 32 heavy (non-hydrogen) atoms. The molecule has 2 aromatic carbocycles. The summed E-state index contributed by atoms with van der Waals surface area (Å²) in [5, 5.41) is 0. The van der Waals surface area contributed by atoms with Gasteiger partial charge >= 0.3 is 0 Å². The van der Waals surface area contributed by atoms with Crippen molar-refractivity contribution in [3.05, 3.63) is 118 Å². The maximum absolute atomic E-state index is 13.9. The minimum atomic E-state index is -0.460. The first-order chi connectivity index (χ1) is 15.5. The van der Waals surface area contributed by atoms with Crippen LogP contribution in [0.4, 0.5) is 10.3 Å². The lowest BCUT2D eigenvalue weighted by Gasteiger charge is -2.15. The van der Waals surface area contributed by atoms with Crippen molar-refractivity contribution >= 4 is 5.95 Å². The zero-order valence-corrected chi connectivity index (χ0v) is 17.2. The highest BCUT2D eigenvalue weighted by atomic mass is 19.1. The molecule has 0 radical (unpaired) electrons. The van der Waals surface area contributed by atoms with E-state index in [2.05, 4.69) is 11.6 Å². The van der Waals surface area contributed by atoms with Crippen LogP contribution in [-0.2, 0) is 13.1 Å². The van der Waals surface area contributed by atoms with Gasteiger partial charge in [-0.1, -0.05) is 48.5 Å². The van der Waals surface area contributed by atoms with Crippen LogP contribution in [0.3, 0.4) is 0 Å². The lowest BCUT2D eigenvalue weighted by molar-refractivity contribution is 0.628. The SMILES string of the molecule is C=CCn1c(N)nc(-c2cccc(F)c2)c(-c2ccc(=O)n(Cc3ccccc3)c2)c1=O. The Morgan fingerprint density at radius 1 is 1.00 bits per heavy atom. The van der Waals surface area contributed by atoms with Gasteiger partial charge in [0, 0.05) is 29.9 Å². The monoisotopic (exact) mass is 428 g/mol. The zero-order chi connectivity index (χ0) is 22.7. The second-order valence-electron chi connectivity index (χ2n) is 7.28. The van der Waals surface area contributed by atoms with Crippen molar-refractivity contribution in [2.24, 2.45) is 0 Å². The number of benzene rings is 2. The molecule has 0 atom stereocenters.